The van der Waals surface area contributed by atoms with E-state index in [1.54, 1.807) is 0 Å². The van der Waals surface area contributed by atoms with Crippen LogP contribution in [0.1, 0.15) is 31.1 Å². The Morgan fingerprint density at radius 1 is 1.00 bits per heavy atom. The van der Waals surface area contributed by atoms with Crippen LogP contribution in [0, 0.1) is 0 Å². The third-order valence-electron chi connectivity index (χ3n) is 3.12. The van der Waals surface area contributed by atoms with Crippen LogP contribution >= 0.6 is 0 Å². The van der Waals surface area contributed by atoms with Gasteiger partial charge >= 0.3 is 0 Å². The van der Waals surface area contributed by atoms with Crippen molar-refractivity contribution in [3.05, 3.63) is 48.0 Å². The lowest BCUT2D eigenvalue weighted by Gasteiger charge is -2.12. The topological polar surface area (TPSA) is 33.7 Å². The minimum Gasteiger partial charge on any atom is -0.336 e. The maximum atomic E-state index is 12.3. The van der Waals surface area contributed by atoms with Crippen LogP contribution in [0.5, 0.6) is 0 Å². The molecular formula is C16H20NO+. The predicted molar refractivity (Wildman–Crippen MR) is 74.8 cm³/mol. The molecule has 2 heteroatoms. The van der Waals surface area contributed by atoms with Gasteiger partial charge in [0.1, 0.15) is 6.04 Å². The van der Waals surface area contributed by atoms with Crippen molar-refractivity contribution in [1.29, 1.82) is 0 Å². The number of rotatable bonds is 4. The molecule has 0 aliphatic carbocycles. The van der Waals surface area contributed by atoms with E-state index in [9.17, 15) is 4.79 Å². The highest BCUT2D eigenvalue weighted by molar-refractivity contribution is 6.02. The van der Waals surface area contributed by atoms with Gasteiger partial charge in [0.2, 0.25) is 5.78 Å². The number of carbonyl (C=O) groups excluding carboxylic acids is 1. The summed E-state index contributed by atoms with van der Waals surface area (Å²) in [5.41, 5.74) is 0.804. The standard InChI is InChI=1S/C16H19NO/c1-11(2)17-12(3)16(18)15-9-8-13-6-4-5-7-14(13)10-15/h4-12,17H,1-3H3/p+1/t12-/m0/s1. The van der Waals surface area contributed by atoms with Crippen LogP contribution in [0.4, 0.5) is 0 Å². The summed E-state index contributed by atoms with van der Waals surface area (Å²) in [4.78, 5) is 12.3. The number of Topliss-reactive ketones (excluding diaryl/α,β-unsaturated/α-hetero) is 1. The largest absolute Gasteiger partial charge is 0.336 e. The summed E-state index contributed by atoms with van der Waals surface area (Å²) in [5.74, 6) is 0.203. The highest BCUT2D eigenvalue weighted by Crippen LogP contribution is 2.16. The number of quaternary nitrogens is 1. The van der Waals surface area contributed by atoms with E-state index in [0.29, 0.717) is 6.04 Å². The lowest BCUT2D eigenvalue weighted by atomic mass is 10.0. The van der Waals surface area contributed by atoms with Crippen LogP contribution < -0.4 is 5.32 Å². The number of carbonyl (C=O) groups is 1. The molecule has 0 bridgehead atoms. The van der Waals surface area contributed by atoms with Crippen LogP contribution in [0.25, 0.3) is 10.8 Å². The van der Waals surface area contributed by atoms with Gasteiger partial charge in [-0.25, -0.2) is 0 Å². The predicted octanol–water partition coefficient (Wildman–Crippen LogP) is 2.38. The number of fused-ring (bicyclic) bond motifs is 1. The summed E-state index contributed by atoms with van der Waals surface area (Å²) < 4.78 is 0. The fourth-order valence-corrected chi connectivity index (χ4v) is 2.27. The van der Waals surface area contributed by atoms with Crippen LogP contribution in [-0.4, -0.2) is 17.9 Å². The summed E-state index contributed by atoms with van der Waals surface area (Å²) in [6.45, 7) is 6.17. The number of ketones is 1. The Labute approximate surface area is 108 Å². The van der Waals surface area contributed by atoms with Gasteiger partial charge in [-0.05, 0) is 37.6 Å². The molecule has 2 N–H and O–H groups in total. The van der Waals surface area contributed by atoms with E-state index in [2.05, 4.69) is 25.2 Å². The highest BCUT2D eigenvalue weighted by Gasteiger charge is 2.19. The lowest BCUT2D eigenvalue weighted by Crippen LogP contribution is -2.94. The van der Waals surface area contributed by atoms with Gasteiger partial charge in [0, 0.05) is 5.56 Å². The SMILES string of the molecule is CC(C)[NH2+][C@@H](C)C(=O)c1ccc2ccccc2c1. The van der Waals surface area contributed by atoms with E-state index < -0.39 is 0 Å². The zero-order valence-electron chi connectivity index (χ0n) is 11.2. The van der Waals surface area contributed by atoms with E-state index in [-0.39, 0.29) is 11.8 Å². The first-order chi connectivity index (χ1) is 8.58. The Bertz CT molecular complexity index is 560. The summed E-state index contributed by atoms with van der Waals surface area (Å²) in [5, 5.41) is 4.40. The zero-order chi connectivity index (χ0) is 13.1. The first kappa shape index (κ1) is 12.8. The van der Waals surface area contributed by atoms with Gasteiger partial charge < -0.3 is 5.32 Å². The third-order valence-corrected chi connectivity index (χ3v) is 3.12. The summed E-state index contributed by atoms with van der Waals surface area (Å²) in [6.07, 6.45) is 0. The van der Waals surface area contributed by atoms with Crippen LogP contribution in [0.3, 0.4) is 0 Å². The van der Waals surface area contributed by atoms with E-state index >= 15 is 0 Å². The third kappa shape index (κ3) is 2.77. The molecule has 2 aromatic carbocycles. The second kappa shape index (κ2) is 5.32. The molecule has 1 atom stereocenters. The van der Waals surface area contributed by atoms with Crippen molar-refractivity contribution >= 4 is 16.6 Å². The smallest absolute Gasteiger partial charge is 0.219 e. The van der Waals surface area contributed by atoms with E-state index in [1.807, 2.05) is 43.3 Å². The molecule has 18 heavy (non-hydrogen) atoms. The van der Waals surface area contributed by atoms with Crippen molar-refractivity contribution in [2.24, 2.45) is 0 Å². The first-order valence-electron chi connectivity index (χ1n) is 6.46. The van der Waals surface area contributed by atoms with E-state index in [4.69, 9.17) is 0 Å². The van der Waals surface area contributed by atoms with Crippen molar-refractivity contribution in [3.63, 3.8) is 0 Å². The van der Waals surface area contributed by atoms with Crippen LogP contribution in [-0.2, 0) is 0 Å². The minimum atomic E-state index is -0.0221. The monoisotopic (exact) mass is 242 g/mol. The molecule has 0 spiro atoms. The summed E-state index contributed by atoms with van der Waals surface area (Å²) >= 11 is 0. The molecule has 0 aliphatic rings. The van der Waals surface area contributed by atoms with Crippen LogP contribution in [0.15, 0.2) is 42.5 Å². The van der Waals surface area contributed by atoms with Gasteiger partial charge in [-0.15, -0.1) is 0 Å². The van der Waals surface area contributed by atoms with Crippen molar-refractivity contribution in [1.82, 2.24) is 0 Å². The molecule has 0 saturated carbocycles. The molecule has 0 aliphatic heterocycles. The van der Waals surface area contributed by atoms with Crippen molar-refractivity contribution in [3.8, 4) is 0 Å². The Balaban J connectivity index is 2.28. The van der Waals surface area contributed by atoms with Crippen LogP contribution in [0.2, 0.25) is 0 Å². The van der Waals surface area contributed by atoms with Gasteiger partial charge in [-0.3, -0.25) is 4.79 Å². The molecule has 0 amide bonds. The molecular weight excluding hydrogens is 222 g/mol. The fraction of sp³-hybridized carbons (Fsp3) is 0.312. The molecule has 2 aromatic rings. The first-order valence-corrected chi connectivity index (χ1v) is 6.46. The Morgan fingerprint density at radius 2 is 1.67 bits per heavy atom. The molecule has 2 rings (SSSR count). The van der Waals surface area contributed by atoms with Gasteiger partial charge in [-0.2, -0.15) is 0 Å². The number of hydrogen-bond donors (Lipinski definition) is 1. The lowest BCUT2D eigenvalue weighted by molar-refractivity contribution is -0.699. The van der Waals surface area contributed by atoms with Crippen molar-refractivity contribution in [2.45, 2.75) is 32.9 Å². The van der Waals surface area contributed by atoms with Gasteiger partial charge in [0.15, 0.2) is 0 Å². The molecule has 0 fully saturated rings. The Kier molecular flexibility index (Phi) is 3.78. The normalized spacial score (nSPS) is 12.9. The van der Waals surface area contributed by atoms with E-state index in [0.717, 1.165) is 10.9 Å². The molecule has 0 saturated heterocycles. The average molecular weight is 242 g/mol. The maximum Gasteiger partial charge on any atom is 0.219 e. The average Bonchev–Trinajstić information content (AvgIpc) is 2.36. The quantitative estimate of drug-likeness (QED) is 0.821. The molecule has 0 aromatic heterocycles. The van der Waals surface area contributed by atoms with Crippen molar-refractivity contribution in [2.75, 3.05) is 0 Å². The molecule has 0 heterocycles. The zero-order valence-corrected chi connectivity index (χ0v) is 11.2. The molecule has 2 nitrogen and oxygen atoms in total. The number of nitrogens with two attached hydrogens (primary N) is 1. The second-order valence-electron chi connectivity index (χ2n) is 5.15. The van der Waals surface area contributed by atoms with Gasteiger partial charge in [0.25, 0.3) is 0 Å². The molecule has 94 valence electrons. The molecule has 0 radical (unpaired) electrons. The molecule has 0 unspecified atom stereocenters. The van der Waals surface area contributed by atoms with Crippen molar-refractivity contribution < 1.29 is 10.1 Å². The summed E-state index contributed by atoms with van der Waals surface area (Å²) in [6, 6.07) is 14.5. The number of hydrogen-bond acceptors (Lipinski definition) is 1. The number of benzene rings is 2. The maximum absolute atomic E-state index is 12.3. The van der Waals surface area contributed by atoms with Gasteiger partial charge in [-0.1, -0.05) is 36.4 Å². The van der Waals surface area contributed by atoms with E-state index in [1.165, 1.54) is 5.39 Å². The summed E-state index contributed by atoms with van der Waals surface area (Å²) in [7, 11) is 0. The Hall–Kier alpha value is -1.67. The second-order valence-corrected chi connectivity index (χ2v) is 5.15. The fourth-order valence-electron chi connectivity index (χ4n) is 2.27. The Morgan fingerprint density at radius 3 is 2.33 bits per heavy atom. The van der Waals surface area contributed by atoms with Gasteiger partial charge in [0.05, 0.1) is 6.04 Å². The minimum absolute atomic E-state index is 0.0221. The highest BCUT2D eigenvalue weighted by atomic mass is 16.1.